The lowest BCUT2D eigenvalue weighted by Gasteiger charge is -2.50. The van der Waals surface area contributed by atoms with Gasteiger partial charge in [-0.3, -0.25) is 4.79 Å². The molecule has 6 nitrogen and oxygen atoms in total. The number of aryl methyl sites for hydroxylation is 2. The van der Waals surface area contributed by atoms with Gasteiger partial charge in [0.15, 0.2) is 0 Å². The highest BCUT2D eigenvalue weighted by Crippen LogP contribution is 2.38. The number of aromatic nitrogens is 2. The third-order valence-electron chi connectivity index (χ3n) is 5.18. The first kappa shape index (κ1) is 15.5. The topological polar surface area (TPSA) is 72.5 Å². The van der Waals surface area contributed by atoms with Crippen LogP contribution in [0.15, 0.2) is 0 Å². The van der Waals surface area contributed by atoms with E-state index in [0.29, 0.717) is 12.2 Å². The molecule has 3 heterocycles. The zero-order chi connectivity index (χ0) is 15.9. The van der Waals surface area contributed by atoms with E-state index < -0.39 is 0 Å². The number of likely N-dealkylation sites (tertiary alicyclic amines) is 2. The SMILES string of the molecule is Cc1nc(C(=O)N2CCC[C@]3(CN(C)CC[C@@H]3O)C2)c(C)[nH]1. The number of hydrogen-bond donors (Lipinski definition) is 2. The Labute approximate surface area is 131 Å². The molecule has 0 saturated carbocycles. The second-order valence-corrected chi connectivity index (χ2v) is 7.03. The summed E-state index contributed by atoms with van der Waals surface area (Å²) in [5, 5.41) is 10.5. The number of aliphatic hydroxyl groups excluding tert-OH is 1. The van der Waals surface area contributed by atoms with Gasteiger partial charge in [-0.1, -0.05) is 0 Å². The van der Waals surface area contributed by atoms with Crippen LogP contribution in [0.3, 0.4) is 0 Å². The number of carbonyl (C=O) groups excluding carboxylic acids is 1. The molecule has 2 N–H and O–H groups in total. The molecule has 1 amide bonds. The fraction of sp³-hybridized carbons (Fsp3) is 0.750. The number of aliphatic hydroxyl groups is 1. The minimum atomic E-state index is -0.318. The fourth-order valence-corrected chi connectivity index (χ4v) is 4.07. The van der Waals surface area contributed by atoms with Crippen LogP contribution in [0.5, 0.6) is 0 Å². The van der Waals surface area contributed by atoms with E-state index in [2.05, 4.69) is 21.9 Å². The highest BCUT2D eigenvalue weighted by molar-refractivity contribution is 5.93. The van der Waals surface area contributed by atoms with E-state index in [0.717, 1.165) is 50.4 Å². The van der Waals surface area contributed by atoms with Crippen molar-refractivity contribution in [3.8, 4) is 0 Å². The van der Waals surface area contributed by atoms with Crippen LogP contribution in [0.4, 0.5) is 0 Å². The normalized spacial score (nSPS) is 30.0. The molecule has 1 aromatic heterocycles. The van der Waals surface area contributed by atoms with Crippen LogP contribution in [0.25, 0.3) is 0 Å². The summed E-state index contributed by atoms with van der Waals surface area (Å²) in [5.41, 5.74) is 1.16. The summed E-state index contributed by atoms with van der Waals surface area (Å²) in [6.07, 6.45) is 2.40. The Morgan fingerprint density at radius 3 is 2.82 bits per heavy atom. The van der Waals surface area contributed by atoms with Crippen molar-refractivity contribution in [3.05, 3.63) is 17.2 Å². The van der Waals surface area contributed by atoms with Crippen LogP contribution in [0, 0.1) is 19.3 Å². The van der Waals surface area contributed by atoms with Gasteiger partial charge in [-0.2, -0.15) is 0 Å². The largest absolute Gasteiger partial charge is 0.392 e. The van der Waals surface area contributed by atoms with E-state index in [-0.39, 0.29) is 17.4 Å². The number of amides is 1. The molecule has 6 heteroatoms. The smallest absolute Gasteiger partial charge is 0.274 e. The number of nitrogens with zero attached hydrogens (tertiary/aromatic N) is 3. The number of rotatable bonds is 1. The molecule has 0 bridgehead atoms. The number of imidazole rings is 1. The van der Waals surface area contributed by atoms with Crippen molar-refractivity contribution in [1.29, 1.82) is 0 Å². The number of nitrogens with one attached hydrogen (secondary N) is 1. The average Bonchev–Trinajstić information content (AvgIpc) is 2.81. The molecule has 122 valence electrons. The average molecular weight is 306 g/mol. The fourth-order valence-electron chi connectivity index (χ4n) is 4.07. The summed E-state index contributed by atoms with van der Waals surface area (Å²) < 4.78 is 0. The minimum Gasteiger partial charge on any atom is -0.392 e. The summed E-state index contributed by atoms with van der Waals surface area (Å²) >= 11 is 0. The first-order valence-electron chi connectivity index (χ1n) is 8.10. The van der Waals surface area contributed by atoms with E-state index in [1.807, 2.05) is 18.7 Å². The van der Waals surface area contributed by atoms with E-state index in [9.17, 15) is 9.90 Å². The Hall–Kier alpha value is -1.40. The standard InChI is InChI=1S/C16H26N4O2/c1-11-14(18-12(2)17-11)15(22)20-7-4-6-16(10-20)9-19(3)8-5-13(16)21/h13,21H,4-10H2,1-3H3,(H,17,18)/t13-,16-/m0/s1. The molecule has 1 spiro atoms. The van der Waals surface area contributed by atoms with Crippen LogP contribution >= 0.6 is 0 Å². The zero-order valence-electron chi connectivity index (χ0n) is 13.7. The predicted molar refractivity (Wildman–Crippen MR) is 83.8 cm³/mol. The molecule has 0 radical (unpaired) electrons. The van der Waals surface area contributed by atoms with Gasteiger partial charge >= 0.3 is 0 Å². The number of aromatic amines is 1. The van der Waals surface area contributed by atoms with Crippen molar-refractivity contribution < 1.29 is 9.90 Å². The van der Waals surface area contributed by atoms with Gasteiger partial charge in [0.05, 0.1) is 6.10 Å². The van der Waals surface area contributed by atoms with Gasteiger partial charge in [0.2, 0.25) is 0 Å². The van der Waals surface area contributed by atoms with E-state index in [1.54, 1.807) is 0 Å². The molecule has 2 aliphatic rings. The lowest BCUT2D eigenvalue weighted by molar-refractivity contribution is -0.0731. The summed E-state index contributed by atoms with van der Waals surface area (Å²) in [6, 6.07) is 0. The van der Waals surface area contributed by atoms with Crippen LogP contribution in [-0.4, -0.2) is 70.1 Å². The first-order chi connectivity index (χ1) is 10.4. The summed E-state index contributed by atoms with van der Waals surface area (Å²) in [5.74, 6) is 0.756. The summed E-state index contributed by atoms with van der Waals surface area (Å²) in [7, 11) is 2.09. The molecule has 3 rings (SSSR count). The van der Waals surface area contributed by atoms with Gasteiger partial charge in [0, 0.05) is 37.3 Å². The molecule has 1 aromatic rings. The second-order valence-electron chi connectivity index (χ2n) is 7.03. The molecule has 2 saturated heterocycles. The Kier molecular flexibility index (Phi) is 3.99. The van der Waals surface area contributed by atoms with Gasteiger partial charge in [-0.15, -0.1) is 0 Å². The number of piperidine rings is 2. The quantitative estimate of drug-likeness (QED) is 0.810. The highest BCUT2D eigenvalue weighted by Gasteiger charge is 2.45. The molecule has 0 aliphatic carbocycles. The first-order valence-corrected chi connectivity index (χ1v) is 8.10. The molecule has 2 atom stereocenters. The lowest BCUT2D eigenvalue weighted by Crippen LogP contribution is -2.59. The van der Waals surface area contributed by atoms with Crippen molar-refractivity contribution in [2.45, 2.75) is 39.2 Å². The van der Waals surface area contributed by atoms with Crippen LogP contribution in [0.2, 0.25) is 0 Å². The minimum absolute atomic E-state index is 0.0126. The van der Waals surface area contributed by atoms with Crippen molar-refractivity contribution in [2.75, 3.05) is 33.2 Å². The molecular weight excluding hydrogens is 280 g/mol. The summed E-state index contributed by atoms with van der Waals surface area (Å²) in [6.45, 7) is 6.91. The van der Waals surface area contributed by atoms with Gasteiger partial charge < -0.3 is 19.9 Å². The highest BCUT2D eigenvalue weighted by atomic mass is 16.3. The number of H-pyrrole nitrogens is 1. The van der Waals surface area contributed by atoms with Crippen molar-refractivity contribution in [1.82, 2.24) is 19.8 Å². The third kappa shape index (κ3) is 2.65. The van der Waals surface area contributed by atoms with Crippen molar-refractivity contribution >= 4 is 5.91 Å². The van der Waals surface area contributed by atoms with Gasteiger partial charge in [-0.05, 0) is 40.2 Å². The summed E-state index contributed by atoms with van der Waals surface area (Å²) in [4.78, 5) is 24.4. The molecule has 2 aliphatic heterocycles. The third-order valence-corrected chi connectivity index (χ3v) is 5.18. The van der Waals surface area contributed by atoms with Gasteiger partial charge in [0.25, 0.3) is 5.91 Å². The van der Waals surface area contributed by atoms with Gasteiger partial charge in [0.1, 0.15) is 11.5 Å². The van der Waals surface area contributed by atoms with Crippen LogP contribution in [-0.2, 0) is 0 Å². The van der Waals surface area contributed by atoms with Crippen LogP contribution in [0.1, 0.15) is 41.3 Å². The van der Waals surface area contributed by atoms with Crippen molar-refractivity contribution in [2.24, 2.45) is 5.41 Å². The Bertz CT molecular complexity index is 570. The monoisotopic (exact) mass is 306 g/mol. The van der Waals surface area contributed by atoms with Gasteiger partial charge in [-0.25, -0.2) is 4.98 Å². The molecule has 0 aromatic carbocycles. The maximum Gasteiger partial charge on any atom is 0.274 e. The van der Waals surface area contributed by atoms with Crippen molar-refractivity contribution in [3.63, 3.8) is 0 Å². The van der Waals surface area contributed by atoms with E-state index >= 15 is 0 Å². The zero-order valence-corrected chi connectivity index (χ0v) is 13.7. The molecule has 0 unspecified atom stereocenters. The number of carbonyl (C=O) groups is 1. The maximum absolute atomic E-state index is 12.8. The molecular formula is C16H26N4O2. The second kappa shape index (κ2) is 5.66. The Balaban J connectivity index is 1.80. The predicted octanol–water partition coefficient (Wildman–Crippen LogP) is 0.945. The van der Waals surface area contributed by atoms with E-state index in [4.69, 9.17) is 0 Å². The Morgan fingerprint density at radius 2 is 2.14 bits per heavy atom. The Morgan fingerprint density at radius 1 is 1.36 bits per heavy atom. The van der Waals surface area contributed by atoms with Crippen LogP contribution < -0.4 is 0 Å². The van der Waals surface area contributed by atoms with E-state index in [1.165, 1.54) is 0 Å². The number of hydrogen-bond acceptors (Lipinski definition) is 4. The lowest BCUT2D eigenvalue weighted by atomic mass is 9.71. The molecule has 2 fully saturated rings. The maximum atomic E-state index is 12.8. The molecule has 22 heavy (non-hydrogen) atoms.